The van der Waals surface area contributed by atoms with Crippen LogP contribution in [0, 0.1) is 0 Å². The van der Waals surface area contributed by atoms with E-state index in [0.717, 1.165) is 0 Å². The highest BCUT2D eigenvalue weighted by atomic mass is 14.7. The summed E-state index contributed by atoms with van der Waals surface area (Å²) in [5.41, 5.74) is 8.16. The molecule has 2 aromatic rings. The van der Waals surface area contributed by atoms with Crippen molar-refractivity contribution < 1.29 is 0 Å². The Morgan fingerprint density at radius 2 is 1.47 bits per heavy atom. The van der Waals surface area contributed by atoms with E-state index in [0.29, 0.717) is 0 Å². The van der Waals surface area contributed by atoms with Crippen LogP contribution in [0.5, 0.6) is 0 Å². The van der Waals surface area contributed by atoms with Crippen molar-refractivity contribution in [3.63, 3.8) is 0 Å². The summed E-state index contributed by atoms with van der Waals surface area (Å²) >= 11 is 0. The van der Waals surface area contributed by atoms with Crippen LogP contribution >= 0.6 is 0 Å². The maximum atomic E-state index is 3.45. The van der Waals surface area contributed by atoms with Gasteiger partial charge in [-0.1, -0.05) is 0 Å². The Morgan fingerprint density at radius 1 is 0.800 bits per heavy atom. The van der Waals surface area contributed by atoms with E-state index in [2.05, 4.69) is 17.2 Å². The summed E-state index contributed by atoms with van der Waals surface area (Å²) in [4.78, 5) is 3.45. The molecule has 0 fully saturated rings. The van der Waals surface area contributed by atoms with Crippen molar-refractivity contribution in [1.29, 1.82) is 0 Å². The van der Waals surface area contributed by atoms with Crippen LogP contribution in [0.1, 0.15) is 35.1 Å². The molecule has 0 aliphatic heterocycles. The SMILES string of the molecule is c1cc2c3c(c4c(c2[nH]1)CCC4)CCC3. The monoisotopic (exact) mass is 197 g/mol. The topological polar surface area (TPSA) is 15.8 Å². The van der Waals surface area contributed by atoms with Gasteiger partial charge in [0.05, 0.1) is 0 Å². The summed E-state index contributed by atoms with van der Waals surface area (Å²) in [5, 5.41) is 1.52. The number of hydrogen-bond acceptors (Lipinski definition) is 0. The molecular formula is C14H15N. The van der Waals surface area contributed by atoms with Crippen molar-refractivity contribution in [3.8, 4) is 0 Å². The molecule has 0 unspecified atom stereocenters. The van der Waals surface area contributed by atoms with Crippen LogP contribution in [0.3, 0.4) is 0 Å². The number of aromatic nitrogens is 1. The summed E-state index contributed by atoms with van der Waals surface area (Å²) in [5.74, 6) is 0. The third-order valence-corrected chi connectivity index (χ3v) is 4.17. The Kier molecular flexibility index (Phi) is 1.41. The summed E-state index contributed by atoms with van der Waals surface area (Å²) < 4.78 is 0. The molecule has 1 N–H and O–H groups in total. The van der Waals surface area contributed by atoms with E-state index in [-0.39, 0.29) is 0 Å². The van der Waals surface area contributed by atoms with Gasteiger partial charge in [-0.3, -0.25) is 0 Å². The van der Waals surface area contributed by atoms with Crippen LogP contribution in [0.4, 0.5) is 0 Å². The zero-order chi connectivity index (χ0) is 9.83. The minimum atomic E-state index is 1.29. The molecule has 0 saturated carbocycles. The van der Waals surface area contributed by atoms with Gasteiger partial charge in [-0.25, -0.2) is 0 Å². The van der Waals surface area contributed by atoms with E-state index in [1.807, 2.05) is 0 Å². The van der Waals surface area contributed by atoms with Gasteiger partial charge < -0.3 is 4.98 Å². The summed E-state index contributed by atoms with van der Waals surface area (Å²) in [6.07, 6.45) is 10.1. The van der Waals surface area contributed by atoms with E-state index in [9.17, 15) is 0 Å². The van der Waals surface area contributed by atoms with Gasteiger partial charge in [-0.2, -0.15) is 0 Å². The second-order valence-electron chi connectivity index (χ2n) is 4.89. The van der Waals surface area contributed by atoms with Crippen LogP contribution in [0.2, 0.25) is 0 Å². The Bertz CT molecular complexity index is 500. The third kappa shape index (κ3) is 0.889. The standard InChI is InChI=1S/C14H15N/c1-3-9-10-5-2-6-12(10)14-13(7-8-15-14)11(9)4-1/h7-8,15H,1-6H2. The zero-order valence-corrected chi connectivity index (χ0v) is 8.90. The van der Waals surface area contributed by atoms with Gasteiger partial charge in [0.15, 0.2) is 0 Å². The summed E-state index contributed by atoms with van der Waals surface area (Å²) in [7, 11) is 0. The molecule has 0 spiro atoms. The van der Waals surface area contributed by atoms with E-state index in [4.69, 9.17) is 0 Å². The van der Waals surface area contributed by atoms with E-state index in [1.54, 1.807) is 22.3 Å². The minimum Gasteiger partial charge on any atom is -0.361 e. The average molecular weight is 197 g/mol. The van der Waals surface area contributed by atoms with Gasteiger partial charge in [0, 0.05) is 17.1 Å². The molecule has 0 amide bonds. The van der Waals surface area contributed by atoms with Crippen molar-refractivity contribution in [3.05, 3.63) is 34.5 Å². The molecule has 76 valence electrons. The quantitative estimate of drug-likeness (QED) is 0.667. The fourth-order valence-electron chi connectivity index (χ4n) is 3.60. The number of nitrogens with one attached hydrogen (secondary N) is 1. The molecular weight excluding hydrogens is 182 g/mol. The first-order valence-electron chi connectivity index (χ1n) is 6.07. The Labute approximate surface area is 89.5 Å². The Balaban J connectivity index is 2.22. The van der Waals surface area contributed by atoms with Gasteiger partial charge in [0.1, 0.15) is 0 Å². The molecule has 1 aromatic heterocycles. The average Bonchev–Trinajstić information content (AvgIpc) is 2.97. The maximum Gasteiger partial charge on any atom is 0.0492 e. The fraction of sp³-hybridized carbons (Fsp3) is 0.429. The van der Waals surface area contributed by atoms with Gasteiger partial charge in [0.2, 0.25) is 0 Å². The summed E-state index contributed by atoms with van der Waals surface area (Å²) in [6, 6.07) is 2.28. The van der Waals surface area contributed by atoms with Crippen LogP contribution in [0.15, 0.2) is 12.3 Å². The molecule has 2 aliphatic rings. The van der Waals surface area contributed by atoms with Crippen LogP contribution in [-0.2, 0) is 25.7 Å². The third-order valence-electron chi connectivity index (χ3n) is 4.17. The number of hydrogen-bond donors (Lipinski definition) is 1. The molecule has 1 nitrogen and oxygen atoms in total. The second-order valence-corrected chi connectivity index (χ2v) is 4.89. The van der Waals surface area contributed by atoms with Crippen molar-refractivity contribution in [1.82, 2.24) is 4.98 Å². The lowest BCUT2D eigenvalue weighted by Gasteiger charge is -2.09. The van der Waals surface area contributed by atoms with E-state index in [1.165, 1.54) is 49.4 Å². The summed E-state index contributed by atoms with van der Waals surface area (Å²) in [6.45, 7) is 0. The molecule has 2 aliphatic carbocycles. The molecule has 0 atom stereocenters. The largest absolute Gasteiger partial charge is 0.361 e. The minimum absolute atomic E-state index is 1.29. The fourth-order valence-corrected chi connectivity index (χ4v) is 3.60. The number of aromatic amines is 1. The Hall–Kier alpha value is -1.24. The molecule has 0 bridgehead atoms. The molecule has 1 heteroatoms. The van der Waals surface area contributed by atoms with E-state index < -0.39 is 0 Å². The number of rotatable bonds is 0. The molecule has 1 aromatic carbocycles. The molecule has 0 saturated heterocycles. The number of fused-ring (bicyclic) bond motifs is 6. The lowest BCUT2D eigenvalue weighted by Crippen LogP contribution is -1.94. The highest BCUT2D eigenvalue weighted by Gasteiger charge is 2.25. The first-order chi connectivity index (χ1) is 7.45. The van der Waals surface area contributed by atoms with Gasteiger partial charge in [0.25, 0.3) is 0 Å². The van der Waals surface area contributed by atoms with Crippen molar-refractivity contribution >= 4 is 10.9 Å². The normalized spacial score (nSPS) is 18.4. The second kappa shape index (κ2) is 2.66. The van der Waals surface area contributed by atoms with Crippen molar-refractivity contribution in [2.75, 3.05) is 0 Å². The highest BCUT2D eigenvalue weighted by molar-refractivity contribution is 5.89. The first kappa shape index (κ1) is 7.98. The van der Waals surface area contributed by atoms with Gasteiger partial charge >= 0.3 is 0 Å². The van der Waals surface area contributed by atoms with Gasteiger partial charge in [-0.15, -0.1) is 0 Å². The number of aryl methyl sites for hydroxylation is 2. The van der Waals surface area contributed by atoms with Crippen LogP contribution < -0.4 is 0 Å². The lowest BCUT2D eigenvalue weighted by atomic mass is 9.96. The predicted octanol–water partition coefficient (Wildman–Crippen LogP) is 3.15. The smallest absolute Gasteiger partial charge is 0.0492 e. The highest BCUT2D eigenvalue weighted by Crippen LogP contribution is 2.39. The number of H-pyrrole nitrogens is 1. The molecule has 1 heterocycles. The van der Waals surface area contributed by atoms with Crippen molar-refractivity contribution in [2.45, 2.75) is 38.5 Å². The Morgan fingerprint density at radius 3 is 2.33 bits per heavy atom. The van der Waals surface area contributed by atoms with Gasteiger partial charge in [-0.05, 0) is 66.8 Å². The predicted molar refractivity (Wildman–Crippen MR) is 62.3 cm³/mol. The van der Waals surface area contributed by atoms with Crippen molar-refractivity contribution in [2.24, 2.45) is 0 Å². The molecule has 4 rings (SSSR count). The zero-order valence-electron chi connectivity index (χ0n) is 8.90. The number of benzene rings is 1. The maximum absolute atomic E-state index is 3.45. The molecule has 0 radical (unpaired) electrons. The van der Waals surface area contributed by atoms with E-state index >= 15 is 0 Å². The van der Waals surface area contributed by atoms with Crippen LogP contribution in [-0.4, -0.2) is 4.98 Å². The first-order valence-corrected chi connectivity index (χ1v) is 6.07. The lowest BCUT2D eigenvalue weighted by molar-refractivity contribution is 0.889. The molecule has 15 heavy (non-hydrogen) atoms. The van der Waals surface area contributed by atoms with Crippen LogP contribution in [0.25, 0.3) is 10.9 Å².